The van der Waals surface area contributed by atoms with E-state index in [1.807, 2.05) is 12.1 Å². The maximum Gasteiger partial charge on any atom is 0.264 e. The van der Waals surface area contributed by atoms with Crippen molar-refractivity contribution in [2.75, 3.05) is 35.8 Å². The summed E-state index contributed by atoms with van der Waals surface area (Å²) in [6.45, 7) is 9.14. The minimum absolute atomic E-state index is 0.0552. The molecule has 0 radical (unpaired) electrons. The molecule has 174 valence electrons. The quantitative estimate of drug-likeness (QED) is 0.700. The second-order valence-electron chi connectivity index (χ2n) is 9.25. The zero-order valence-corrected chi connectivity index (χ0v) is 20.1. The van der Waals surface area contributed by atoms with Crippen molar-refractivity contribution in [3.05, 3.63) is 41.2 Å². The predicted octanol–water partition coefficient (Wildman–Crippen LogP) is 4.29. The molecule has 7 nitrogen and oxygen atoms in total. The molecular weight excluding hydrogens is 424 g/mol. The number of anilines is 2. The Labute approximate surface area is 191 Å². The van der Waals surface area contributed by atoms with Gasteiger partial charge in [0.15, 0.2) is 0 Å². The van der Waals surface area contributed by atoms with Crippen LogP contribution in [-0.2, 0) is 10.0 Å². The highest BCUT2D eigenvalue weighted by atomic mass is 32.2. The van der Waals surface area contributed by atoms with Crippen LogP contribution in [0.3, 0.4) is 0 Å². The summed E-state index contributed by atoms with van der Waals surface area (Å²) in [6, 6.07) is 7.52. The monoisotopic (exact) mass is 458 g/mol. The molecule has 0 bridgehead atoms. The average Bonchev–Trinajstić information content (AvgIpc) is 3.09. The zero-order valence-electron chi connectivity index (χ0n) is 19.3. The van der Waals surface area contributed by atoms with Crippen LogP contribution in [-0.4, -0.2) is 50.4 Å². The fraction of sp³-hybridized carbons (Fsp3) is 0.542. The summed E-state index contributed by atoms with van der Waals surface area (Å²) in [5.41, 5.74) is 2.93. The third-order valence-electron chi connectivity index (χ3n) is 6.71. The lowest BCUT2D eigenvalue weighted by Gasteiger charge is -2.32. The first kappa shape index (κ1) is 22.7. The van der Waals surface area contributed by atoms with Gasteiger partial charge in [0.2, 0.25) is 0 Å². The van der Waals surface area contributed by atoms with Crippen molar-refractivity contribution in [3.63, 3.8) is 0 Å². The smallest absolute Gasteiger partial charge is 0.264 e. The van der Waals surface area contributed by atoms with Gasteiger partial charge in [-0.2, -0.15) is 0 Å². The molecule has 2 aromatic rings. The molecule has 32 heavy (non-hydrogen) atoms. The zero-order chi connectivity index (χ0) is 22.9. The number of carbonyl (C=O) groups is 1. The normalized spacial score (nSPS) is 18.1. The molecule has 4 rings (SSSR count). The molecule has 1 aromatic heterocycles. The van der Waals surface area contributed by atoms with Gasteiger partial charge in [0.25, 0.3) is 15.9 Å². The Morgan fingerprint density at radius 2 is 1.59 bits per heavy atom. The van der Waals surface area contributed by atoms with Crippen molar-refractivity contribution in [3.8, 4) is 0 Å². The van der Waals surface area contributed by atoms with Crippen molar-refractivity contribution in [1.29, 1.82) is 0 Å². The largest absolute Gasteiger partial charge is 0.372 e. The first-order chi connectivity index (χ1) is 15.3. The number of benzene rings is 1. The molecule has 2 aliphatic rings. The number of nitrogens with zero attached hydrogens (tertiary/aromatic N) is 2. The Morgan fingerprint density at radius 3 is 2.22 bits per heavy atom. The van der Waals surface area contributed by atoms with Crippen LogP contribution >= 0.6 is 0 Å². The fourth-order valence-corrected chi connectivity index (χ4v) is 6.33. The second-order valence-corrected chi connectivity index (χ2v) is 10.9. The van der Waals surface area contributed by atoms with Crippen LogP contribution in [0.25, 0.3) is 0 Å². The van der Waals surface area contributed by atoms with Crippen molar-refractivity contribution in [2.24, 2.45) is 5.92 Å². The van der Waals surface area contributed by atoms with Gasteiger partial charge < -0.3 is 14.8 Å². The molecule has 2 fully saturated rings. The maximum atomic E-state index is 13.4. The lowest BCUT2D eigenvalue weighted by molar-refractivity contribution is 0.0720. The van der Waals surface area contributed by atoms with E-state index in [4.69, 9.17) is 0 Å². The van der Waals surface area contributed by atoms with Gasteiger partial charge in [-0.15, -0.1) is 0 Å². The minimum Gasteiger partial charge on any atom is -0.372 e. The van der Waals surface area contributed by atoms with Crippen LogP contribution in [0.15, 0.2) is 29.2 Å². The molecule has 0 aliphatic carbocycles. The van der Waals surface area contributed by atoms with Crippen LogP contribution < -0.4 is 9.62 Å². The number of aryl methyl sites for hydroxylation is 2. The van der Waals surface area contributed by atoms with Crippen LogP contribution in [0.2, 0.25) is 0 Å². The minimum atomic E-state index is -3.92. The number of piperidine rings is 2. The average molecular weight is 459 g/mol. The number of carbonyl (C=O) groups excluding carboxylic acids is 1. The molecule has 2 N–H and O–H groups in total. The van der Waals surface area contributed by atoms with Crippen molar-refractivity contribution in [1.82, 2.24) is 9.88 Å². The molecule has 3 heterocycles. The number of aromatic amines is 1. The lowest BCUT2D eigenvalue weighted by Crippen LogP contribution is -2.36. The summed E-state index contributed by atoms with van der Waals surface area (Å²) in [6.07, 6.45) is 5.37. The highest BCUT2D eigenvalue weighted by Crippen LogP contribution is 2.29. The molecule has 1 aromatic carbocycles. The molecule has 0 saturated carbocycles. The van der Waals surface area contributed by atoms with E-state index in [0.29, 0.717) is 30.2 Å². The van der Waals surface area contributed by atoms with E-state index >= 15 is 0 Å². The Kier molecular flexibility index (Phi) is 6.51. The predicted molar refractivity (Wildman–Crippen MR) is 128 cm³/mol. The standard InChI is InChI=1S/C24H34N4O3S/c1-17-11-15-27(16-12-17)21-9-7-20(8-10-21)26-32(30,31)23-19(3)25-18(2)22(23)24(29)28-13-5-4-6-14-28/h7-10,17,25-26H,4-6,11-16H2,1-3H3. The van der Waals surface area contributed by atoms with Gasteiger partial charge in [-0.25, -0.2) is 8.42 Å². The van der Waals surface area contributed by atoms with Gasteiger partial charge in [0.05, 0.1) is 5.56 Å². The van der Waals surface area contributed by atoms with E-state index in [-0.39, 0.29) is 16.4 Å². The number of sulfonamides is 1. The first-order valence-corrected chi connectivity index (χ1v) is 13.1. The Balaban J connectivity index is 1.55. The number of nitrogens with one attached hydrogen (secondary N) is 2. The van der Waals surface area contributed by atoms with E-state index in [9.17, 15) is 13.2 Å². The van der Waals surface area contributed by atoms with E-state index in [2.05, 4.69) is 21.5 Å². The molecule has 1 amide bonds. The third-order valence-corrected chi connectivity index (χ3v) is 8.26. The SMILES string of the molecule is Cc1[nH]c(C)c(S(=O)(=O)Nc2ccc(N3CCC(C)CC3)cc2)c1C(=O)N1CCCCC1. The van der Waals surface area contributed by atoms with Crippen LogP contribution in [0.4, 0.5) is 11.4 Å². The van der Waals surface area contributed by atoms with Crippen molar-refractivity contribution in [2.45, 2.75) is 57.8 Å². The van der Waals surface area contributed by atoms with Gasteiger partial charge >= 0.3 is 0 Å². The Morgan fingerprint density at radius 1 is 0.969 bits per heavy atom. The summed E-state index contributed by atoms with van der Waals surface area (Å²) in [5.74, 6) is 0.550. The first-order valence-electron chi connectivity index (χ1n) is 11.6. The van der Waals surface area contributed by atoms with E-state index in [1.54, 1.807) is 30.9 Å². The fourth-order valence-electron chi connectivity index (χ4n) is 4.82. The Hall–Kier alpha value is -2.48. The molecule has 2 aliphatic heterocycles. The number of hydrogen-bond acceptors (Lipinski definition) is 4. The summed E-state index contributed by atoms with van der Waals surface area (Å²) < 4.78 is 29.4. The summed E-state index contributed by atoms with van der Waals surface area (Å²) in [5, 5.41) is 0. The molecule has 0 spiro atoms. The summed E-state index contributed by atoms with van der Waals surface area (Å²) in [4.78, 5) is 20.4. The summed E-state index contributed by atoms with van der Waals surface area (Å²) >= 11 is 0. The van der Waals surface area contributed by atoms with E-state index < -0.39 is 10.0 Å². The van der Waals surface area contributed by atoms with Crippen molar-refractivity contribution >= 4 is 27.3 Å². The highest BCUT2D eigenvalue weighted by Gasteiger charge is 2.32. The molecule has 2 saturated heterocycles. The molecule has 0 unspecified atom stereocenters. The number of likely N-dealkylation sites (tertiary alicyclic amines) is 1. The molecular formula is C24H34N4O3S. The Bertz CT molecular complexity index is 1060. The lowest BCUT2D eigenvalue weighted by atomic mass is 9.99. The van der Waals surface area contributed by atoms with E-state index in [1.165, 1.54) is 12.8 Å². The number of amides is 1. The van der Waals surface area contributed by atoms with Gasteiger partial charge in [0, 0.05) is 48.9 Å². The maximum absolute atomic E-state index is 13.4. The van der Waals surface area contributed by atoms with Crippen LogP contribution in [0, 0.1) is 19.8 Å². The van der Waals surface area contributed by atoms with Crippen LogP contribution in [0.5, 0.6) is 0 Å². The van der Waals surface area contributed by atoms with Crippen LogP contribution in [0.1, 0.15) is 60.8 Å². The third kappa shape index (κ3) is 4.65. The topological polar surface area (TPSA) is 85.5 Å². The highest BCUT2D eigenvalue weighted by molar-refractivity contribution is 7.92. The van der Waals surface area contributed by atoms with Gasteiger partial charge in [-0.1, -0.05) is 6.92 Å². The second kappa shape index (κ2) is 9.17. The summed E-state index contributed by atoms with van der Waals surface area (Å²) in [7, 11) is -3.92. The van der Waals surface area contributed by atoms with Gasteiger partial charge in [-0.05, 0) is 76.1 Å². The van der Waals surface area contributed by atoms with Crippen molar-refractivity contribution < 1.29 is 13.2 Å². The van der Waals surface area contributed by atoms with E-state index in [0.717, 1.165) is 44.0 Å². The molecule has 0 atom stereocenters. The van der Waals surface area contributed by atoms with Gasteiger partial charge in [0.1, 0.15) is 4.90 Å². The van der Waals surface area contributed by atoms with Gasteiger partial charge in [-0.3, -0.25) is 9.52 Å². The number of aromatic nitrogens is 1. The number of H-pyrrole nitrogens is 1. The number of hydrogen-bond donors (Lipinski definition) is 2. The number of rotatable bonds is 5. The molecule has 8 heteroatoms.